The summed E-state index contributed by atoms with van der Waals surface area (Å²) in [7, 11) is 1.48. The fraction of sp³-hybridized carbons (Fsp3) is 0.300. The molecule has 1 aromatic rings. The molecule has 0 aliphatic rings. The van der Waals surface area contributed by atoms with Gasteiger partial charge in [0.15, 0.2) is 0 Å². The van der Waals surface area contributed by atoms with Gasteiger partial charge in [0.05, 0.1) is 0 Å². The molecule has 0 aliphatic carbocycles. The fourth-order valence-electron chi connectivity index (χ4n) is 1.08. The summed E-state index contributed by atoms with van der Waals surface area (Å²) in [5.41, 5.74) is 3.96. The topological polar surface area (TPSA) is 52.6 Å². The number of benzene rings is 1. The van der Waals surface area contributed by atoms with Crippen LogP contribution in [0.3, 0.4) is 0 Å². The zero-order valence-electron chi connectivity index (χ0n) is 8.10. The van der Waals surface area contributed by atoms with Gasteiger partial charge in [0.1, 0.15) is 0 Å². The Labute approximate surface area is 83.1 Å². The van der Waals surface area contributed by atoms with E-state index in [9.17, 15) is 4.79 Å². The Hall–Kier alpha value is -1.55. The summed E-state index contributed by atoms with van der Waals surface area (Å²) in [6.07, 6.45) is -0.156. The van der Waals surface area contributed by atoms with Gasteiger partial charge < -0.3 is 5.11 Å². The Balaban J connectivity index is 2.26. The van der Waals surface area contributed by atoms with Crippen LogP contribution in [0.25, 0.3) is 0 Å². The molecule has 0 radical (unpaired) electrons. The molecular weight excluding hydrogens is 180 g/mol. The molecule has 0 aromatic heterocycles. The van der Waals surface area contributed by atoms with Crippen molar-refractivity contribution in [3.05, 3.63) is 35.9 Å². The third kappa shape index (κ3) is 3.45. The van der Waals surface area contributed by atoms with Gasteiger partial charge in [-0.05, 0) is 12.0 Å². The number of nitrogens with zero attached hydrogens (tertiary/aromatic N) is 1. The highest BCUT2D eigenvalue weighted by Crippen LogP contribution is 1.98. The molecule has 14 heavy (non-hydrogen) atoms. The van der Waals surface area contributed by atoms with Crippen molar-refractivity contribution < 1.29 is 9.90 Å². The van der Waals surface area contributed by atoms with Crippen molar-refractivity contribution in [1.29, 1.82) is 0 Å². The Morgan fingerprint density at radius 3 is 2.64 bits per heavy atom. The number of hydrazine groups is 1. The van der Waals surface area contributed by atoms with E-state index in [1.54, 1.807) is 0 Å². The van der Waals surface area contributed by atoms with Gasteiger partial charge in [-0.2, -0.15) is 0 Å². The predicted octanol–water partition coefficient (Wildman–Crippen LogP) is 1.34. The van der Waals surface area contributed by atoms with Gasteiger partial charge in [-0.15, -0.1) is 0 Å². The first-order chi connectivity index (χ1) is 6.70. The van der Waals surface area contributed by atoms with Crippen LogP contribution in [0.4, 0.5) is 4.79 Å². The average molecular weight is 194 g/mol. The molecule has 4 nitrogen and oxygen atoms in total. The molecule has 1 aromatic carbocycles. The Morgan fingerprint density at radius 2 is 2.07 bits per heavy atom. The lowest BCUT2D eigenvalue weighted by molar-refractivity contribution is 0.135. The van der Waals surface area contributed by atoms with Crippen LogP contribution in [0.1, 0.15) is 5.56 Å². The minimum atomic E-state index is -0.974. The summed E-state index contributed by atoms with van der Waals surface area (Å²) in [6.45, 7) is 0.618. The number of amides is 1. The maximum atomic E-state index is 10.4. The molecular formula is C10H14N2O2. The van der Waals surface area contributed by atoms with Crippen molar-refractivity contribution in [1.82, 2.24) is 10.4 Å². The summed E-state index contributed by atoms with van der Waals surface area (Å²) in [5, 5.41) is 9.60. The molecule has 76 valence electrons. The van der Waals surface area contributed by atoms with Crippen molar-refractivity contribution in [3.63, 3.8) is 0 Å². The largest absolute Gasteiger partial charge is 0.464 e. The zero-order valence-corrected chi connectivity index (χ0v) is 8.10. The van der Waals surface area contributed by atoms with Gasteiger partial charge >= 0.3 is 6.09 Å². The third-order valence-corrected chi connectivity index (χ3v) is 1.89. The lowest BCUT2D eigenvalue weighted by atomic mass is 10.2. The SMILES string of the molecule is CN(NCCc1ccccc1)C(=O)O. The van der Waals surface area contributed by atoms with E-state index in [4.69, 9.17) is 5.11 Å². The van der Waals surface area contributed by atoms with Crippen LogP contribution in [0.15, 0.2) is 30.3 Å². The van der Waals surface area contributed by atoms with Gasteiger partial charge in [-0.1, -0.05) is 30.3 Å². The summed E-state index contributed by atoms with van der Waals surface area (Å²) in [6, 6.07) is 9.93. The summed E-state index contributed by atoms with van der Waals surface area (Å²) in [4.78, 5) is 10.4. The molecule has 0 fully saturated rings. The molecule has 0 bridgehead atoms. The highest BCUT2D eigenvalue weighted by Gasteiger charge is 2.02. The van der Waals surface area contributed by atoms with Crippen LogP contribution >= 0.6 is 0 Å². The molecule has 0 saturated heterocycles. The number of rotatable bonds is 4. The molecule has 4 heteroatoms. The number of carbonyl (C=O) groups is 1. The van der Waals surface area contributed by atoms with E-state index in [0.717, 1.165) is 11.4 Å². The quantitative estimate of drug-likeness (QED) is 0.711. The van der Waals surface area contributed by atoms with Gasteiger partial charge in [-0.25, -0.2) is 15.2 Å². The Morgan fingerprint density at radius 1 is 1.43 bits per heavy atom. The highest BCUT2D eigenvalue weighted by molar-refractivity contribution is 5.63. The molecule has 1 rings (SSSR count). The van der Waals surface area contributed by atoms with Crippen LogP contribution in [0.5, 0.6) is 0 Å². The smallest absolute Gasteiger partial charge is 0.421 e. The van der Waals surface area contributed by atoms with Crippen molar-refractivity contribution in [2.45, 2.75) is 6.42 Å². The lowest BCUT2D eigenvalue weighted by Gasteiger charge is -2.13. The highest BCUT2D eigenvalue weighted by atomic mass is 16.4. The minimum absolute atomic E-state index is 0.618. The van der Waals surface area contributed by atoms with Crippen LogP contribution in [-0.4, -0.2) is 29.8 Å². The van der Waals surface area contributed by atoms with Gasteiger partial charge in [-0.3, -0.25) is 0 Å². The second-order valence-electron chi connectivity index (χ2n) is 2.99. The van der Waals surface area contributed by atoms with Crippen LogP contribution < -0.4 is 5.43 Å². The lowest BCUT2D eigenvalue weighted by Crippen LogP contribution is -2.39. The zero-order chi connectivity index (χ0) is 10.4. The maximum absolute atomic E-state index is 10.4. The standard InChI is InChI=1S/C10H14N2O2/c1-12(10(13)14)11-8-7-9-5-3-2-4-6-9/h2-6,11H,7-8H2,1H3,(H,13,14). The van der Waals surface area contributed by atoms with Gasteiger partial charge in [0, 0.05) is 13.6 Å². The fourth-order valence-corrected chi connectivity index (χ4v) is 1.08. The van der Waals surface area contributed by atoms with E-state index in [1.165, 1.54) is 12.6 Å². The maximum Gasteiger partial charge on any atom is 0.421 e. The van der Waals surface area contributed by atoms with Crippen LogP contribution in [0.2, 0.25) is 0 Å². The van der Waals surface area contributed by atoms with E-state index in [0.29, 0.717) is 6.54 Å². The van der Waals surface area contributed by atoms with Crippen molar-refractivity contribution in [2.75, 3.05) is 13.6 Å². The predicted molar refractivity (Wildman–Crippen MR) is 53.9 cm³/mol. The number of hydrogen-bond donors (Lipinski definition) is 2. The van der Waals surface area contributed by atoms with Crippen molar-refractivity contribution >= 4 is 6.09 Å². The first-order valence-electron chi connectivity index (χ1n) is 4.44. The van der Waals surface area contributed by atoms with E-state index >= 15 is 0 Å². The molecule has 0 aliphatic heterocycles. The Bertz CT molecular complexity index is 287. The molecule has 0 saturated carbocycles. The Kier molecular flexibility index (Phi) is 3.94. The number of carboxylic acid groups (broad SMARTS) is 1. The van der Waals surface area contributed by atoms with E-state index in [1.807, 2.05) is 30.3 Å². The van der Waals surface area contributed by atoms with Crippen molar-refractivity contribution in [3.8, 4) is 0 Å². The molecule has 0 spiro atoms. The second kappa shape index (κ2) is 5.24. The molecule has 1 amide bonds. The summed E-state index contributed by atoms with van der Waals surface area (Å²) < 4.78 is 0. The molecule has 2 N–H and O–H groups in total. The van der Waals surface area contributed by atoms with E-state index in [2.05, 4.69) is 5.43 Å². The van der Waals surface area contributed by atoms with Crippen LogP contribution in [-0.2, 0) is 6.42 Å². The minimum Gasteiger partial charge on any atom is -0.464 e. The average Bonchev–Trinajstić information content (AvgIpc) is 2.19. The number of nitrogens with one attached hydrogen (secondary N) is 1. The molecule has 0 unspecified atom stereocenters. The number of hydrogen-bond acceptors (Lipinski definition) is 2. The normalized spacial score (nSPS) is 9.79. The van der Waals surface area contributed by atoms with Gasteiger partial charge in [0.2, 0.25) is 0 Å². The molecule has 0 atom stereocenters. The first kappa shape index (κ1) is 10.5. The third-order valence-electron chi connectivity index (χ3n) is 1.89. The van der Waals surface area contributed by atoms with Gasteiger partial charge in [0.25, 0.3) is 0 Å². The monoisotopic (exact) mass is 194 g/mol. The molecule has 0 heterocycles. The van der Waals surface area contributed by atoms with Crippen LogP contribution in [0, 0.1) is 0 Å². The summed E-state index contributed by atoms with van der Waals surface area (Å²) >= 11 is 0. The first-order valence-corrected chi connectivity index (χ1v) is 4.44. The van der Waals surface area contributed by atoms with E-state index in [-0.39, 0.29) is 0 Å². The summed E-state index contributed by atoms with van der Waals surface area (Å²) in [5.74, 6) is 0. The van der Waals surface area contributed by atoms with Crippen molar-refractivity contribution in [2.24, 2.45) is 0 Å². The second-order valence-corrected chi connectivity index (χ2v) is 2.99. The van der Waals surface area contributed by atoms with E-state index < -0.39 is 6.09 Å².